The molecule has 3 N–H and O–H groups in total. The molecule has 2 saturated heterocycles. The van der Waals surface area contributed by atoms with Crippen molar-refractivity contribution >= 4 is 21.8 Å². The molecule has 0 bridgehead atoms. The third kappa shape index (κ3) is 4.43. The highest BCUT2D eigenvalue weighted by atomic mass is 32.2. The van der Waals surface area contributed by atoms with Gasteiger partial charge >= 0.3 is 0 Å². The van der Waals surface area contributed by atoms with Crippen LogP contribution in [0.3, 0.4) is 0 Å². The molecule has 2 fully saturated rings. The maximum absolute atomic E-state index is 13.5. The van der Waals surface area contributed by atoms with Crippen molar-refractivity contribution < 1.29 is 28.0 Å². The minimum atomic E-state index is -4.02. The number of likely N-dealkylation sites (tertiary alicyclic amines) is 1. The van der Waals surface area contributed by atoms with Gasteiger partial charge in [-0.2, -0.15) is 4.31 Å². The average molecular weight is 441 g/mol. The zero-order chi connectivity index (χ0) is 21.9. The quantitative estimate of drug-likeness (QED) is 0.395. The number of carbonyl (C=O) groups excluding carboxylic acids is 2. The maximum atomic E-state index is 13.5. The first-order valence-electron chi connectivity index (χ1n) is 9.92. The third-order valence-corrected chi connectivity index (χ3v) is 7.70. The summed E-state index contributed by atoms with van der Waals surface area (Å²) < 4.78 is 33.2. The Kier molecular flexibility index (Phi) is 6.96. The molecule has 0 saturated carbocycles. The summed E-state index contributed by atoms with van der Waals surface area (Å²) in [5, 5.41) is 11.9. The number of ether oxygens (including phenoxy) is 1. The van der Waals surface area contributed by atoms with Crippen LogP contribution in [0.2, 0.25) is 0 Å². The van der Waals surface area contributed by atoms with E-state index in [1.165, 1.54) is 23.5 Å². The molecule has 11 heteroatoms. The summed E-state index contributed by atoms with van der Waals surface area (Å²) in [5.41, 5.74) is 1.61. The number of nitrogens with zero attached hydrogens (tertiary/aromatic N) is 2. The number of amides is 2. The molecular weight excluding hydrogens is 412 g/mol. The molecule has 2 aliphatic heterocycles. The normalized spacial score (nSPS) is 24.8. The molecule has 10 nitrogen and oxygen atoms in total. The van der Waals surface area contributed by atoms with Crippen molar-refractivity contribution in [3.8, 4) is 5.75 Å². The van der Waals surface area contributed by atoms with Gasteiger partial charge in [-0.15, -0.1) is 0 Å². The van der Waals surface area contributed by atoms with Gasteiger partial charge in [0.2, 0.25) is 15.9 Å². The average Bonchev–Trinajstić information content (AvgIpc) is 3.13. The fourth-order valence-electron chi connectivity index (χ4n) is 4.34. The molecule has 2 heterocycles. The van der Waals surface area contributed by atoms with E-state index in [0.29, 0.717) is 38.2 Å². The predicted octanol–water partition coefficient (Wildman–Crippen LogP) is -0.210. The van der Waals surface area contributed by atoms with Crippen LogP contribution in [0, 0.1) is 5.92 Å². The zero-order valence-corrected chi connectivity index (χ0v) is 17.9. The number of piperidine rings is 1. The van der Waals surface area contributed by atoms with Gasteiger partial charge in [-0.3, -0.25) is 19.7 Å². The minimum absolute atomic E-state index is 0.0363. The molecule has 1 aromatic rings. The summed E-state index contributed by atoms with van der Waals surface area (Å²) in [6.45, 7) is 3.51. The molecule has 0 aromatic heterocycles. The number of methoxy groups -OCH3 is 1. The molecule has 3 atom stereocenters. The molecule has 0 aliphatic carbocycles. The summed E-state index contributed by atoms with van der Waals surface area (Å²) in [6, 6.07) is 4.48. The summed E-state index contributed by atoms with van der Waals surface area (Å²) in [4.78, 5) is 26.3. The minimum Gasteiger partial charge on any atom is -0.497 e. The third-order valence-electron chi connectivity index (χ3n) is 5.75. The van der Waals surface area contributed by atoms with Gasteiger partial charge < -0.3 is 10.1 Å². The second-order valence-electron chi connectivity index (χ2n) is 7.54. The molecule has 166 valence electrons. The second kappa shape index (κ2) is 9.29. The topological polar surface area (TPSA) is 128 Å². The number of rotatable bonds is 7. The number of benzene rings is 1. The van der Waals surface area contributed by atoms with E-state index in [2.05, 4.69) is 5.32 Å². The Morgan fingerprint density at radius 3 is 2.57 bits per heavy atom. The van der Waals surface area contributed by atoms with Crippen LogP contribution in [-0.2, 0) is 19.6 Å². The lowest BCUT2D eigenvalue weighted by Crippen LogP contribution is -2.54. The van der Waals surface area contributed by atoms with Gasteiger partial charge in [0, 0.05) is 19.1 Å². The number of likely N-dealkylation sites (N-methyl/N-ethyl adjacent to an activating group) is 1. The van der Waals surface area contributed by atoms with Crippen molar-refractivity contribution in [3.63, 3.8) is 0 Å². The van der Waals surface area contributed by atoms with Gasteiger partial charge in [-0.1, -0.05) is 0 Å². The number of hydrogen-bond donors (Lipinski definition) is 3. The van der Waals surface area contributed by atoms with E-state index in [1.807, 2.05) is 11.8 Å². The van der Waals surface area contributed by atoms with Crippen LogP contribution in [0.1, 0.15) is 19.8 Å². The largest absolute Gasteiger partial charge is 0.497 e. The molecule has 2 amide bonds. The standard InChI is InChI=1S/C19H28N4O6S/c1-3-20-18(24)12-22-9-8-13-10-16(19(25)21-26)23(17(13)11-22)30(27,28)15-6-4-14(29-2)5-7-15/h4-7,13,16-17,26H,3,8-12H2,1-2H3,(H,20,24)(H,21,25)/t13?,16?,17-/m0/s1. The molecule has 0 radical (unpaired) electrons. The summed E-state index contributed by atoms with van der Waals surface area (Å²) >= 11 is 0. The Morgan fingerprint density at radius 1 is 1.27 bits per heavy atom. The van der Waals surface area contributed by atoms with Crippen molar-refractivity contribution in [2.75, 3.05) is 33.3 Å². The molecule has 30 heavy (non-hydrogen) atoms. The van der Waals surface area contributed by atoms with Crippen molar-refractivity contribution in [2.45, 2.75) is 36.7 Å². The highest BCUT2D eigenvalue weighted by Gasteiger charge is 2.52. The fraction of sp³-hybridized carbons (Fsp3) is 0.579. The van der Waals surface area contributed by atoms with Gasteiger partial charge in [-0.25, -0.2) is 13.9 Å². The van der Waals surface area contributed by atoms with Crippen LogP contribution < -0.4 is 15.5 Å². The molecule has 2 aliphatic rings. The van der Waals surface area contributed by atoms with E-state index >= 15 is 0 Å². The summed E-state index contributed by atoms with van der Waals surface area (Å²) in [6.07, 6.45) is 0.982. The van der Waals surface area contributed by atoms with Gasteiger partial charge in [0.25, 0.3) is 5.91 Å². The number of hydrogen-bond acceptors (Lipinski definition) is 7. The number of fused-ring (bicyclic) bond motifs is 1. The first-order valence-corrected chi connectivity index (χ1v) is 11.4. The first-order chi connectivity index (χ1) is 14.3. The Morgan fingerprint density at radius 2 is 1.97 bits per heavy atom. The van der Waals surface area contributed by atoms with E-state index in [0.717, 1.165) is 0 Å². The smallest absolute Gasteiger partial charge is 0.261 e. The lowest BCUT2D eigenvalue weighted by molar-refractivity contribution is -0.132. The van der Waals surface area contributed by atoms with Crippen molar-refractivity contribution in [2.24, 2.45) is 5.92 Å². The van der Waals surface area contributed by atoms with Gasteiger partial charge in [0.15, 0.2) is 0 Å². The monoisotopic (exact) mass is 440 g/mol. The van der Waals surface area contributed by atoms with Crippen LogP contribution in [0.4, 0.5) is 0 Å². The molecule has 0 spiro atoms. The Hall–Kier alpha value is -2.21. The van der Waals surface area contributed by atoms with E-state index in [1.54, 1.807) is 17.6 Å². The molecular formula is C19H28N4O6S. The Labute approximate surface area is 176 Å². The predicted molar refractivity (Wildman–Crippen MR) is 107 cm³/mol. The number of sulfonamides is 1. The maximum Gasteiger partial charge on any atom is 0.261 e. The number of carbonyl (C=O) groups is 2. The zero-order valence-electron chi connectivity index (χ0n) is 17.1. The SMILES string of the molecule is CCNC(=O)CN1CCC2CC(C(=O)NO)N(S(=O)(=O)c3ccc(OC)cc3)[C@H]2C1. The number of hydroxylamine groups is 1. The molecule has 1 aromatic carbocycles. The number of nitrogens with one attached hydrogen (secondary N) is 2. The summed E-state index contributed by atoms with van der Waals surface area (Å²) in [5.74, 6) is -0.394. The molecule has 3 rings (SSSR count). The van der Waals surface area contributed by atoms with E-state index < -0.39 is 28.0 Å². The van der Waals surface area contributed by atoms with Crippen LogP contribution in [0.25, 0.3) is 0 Å². The summed E-state index contributed by atoms with van der Waals surface area (Å²) in [7, 11) is -2.53. The lowest BCUT2D eigenvalue weighted by Gasteiger charge is -2.38. The van der Waals surface area contributed by atoms with Crippen LogP contribution in [0.5, 0.6) is 5.75 Å². The van der Waals surface area contributed by atoms with Crippen molar-refractivity contribution in [1.29, 1.82) is 0 Å². The fourth-order valence-corrected chi connectivity index (χ4v) is 6.18. The highest BCUT2D eigenvalue weighted by molar-refractivity contribution is 7.89. The Bertz CT molecular complexity index is 876. The van der Waals surface area contributed by atoms with E-state index in [4.69, 9.17) is 4.74 Å². The lowest BCUT2D eigenvalue weighted by atomic mass is 9.91. The highest BCUT2D eigenvalue weighted by Crippen LogP contribution is 2.39. The van der Waals surface area contributed by atoms with Gasteiger partial charge in [0.05, 0.1) is 18.6 Å². The molecule has 2 unspecified atom stereocenters. The van der Waals surface area contributed by atoms with Crippen LogP contribution in [0.15, 0.2) is 29.2 Å². The van der Waals surface area contributed by atoms with Crippen LogP contribution >= 0.6 is 0 Å². The second-order valence-corrected chi connectivity index (χ2v) is 9.39. The van der Waals surface area contributed by atoms with Crippen LogP contribution in [-0.4, -0.2) is 80.0 Å². The van der Waals surface area contributed by atoms with Crippen molar-refractivity contribution in [1.82, 2.24) is 20.0 Å². The Balaban J connectivity index is 1.90. The first kappa shape index (κ1) is 22.5. The van der Waals surface area contributed by atoms with E-state index in [-0.39, 0.29) is 23.3 Å². The van der Waals surface area contributed by atoms with Gasteiger partial charge in [0.1, 0.15) is 11.8 Å². The van der Waals surface area contributed by atoms with Crippen molar-refractivity contribution in [3.05, 3.63) is 24.3 Å². The van der Waals surface area contributed by atoms with E-state index in [9.17, 15) is 23.2 Å². The van der Waals surface area contributed by atoms with Gasteiger partial charge in [-0.05, 0) is 56.5 Å².